The fraction of sp³-hybridized carbons (Fsp3) is 0.500. The zero-order chi connectivity index (χ0) is 14.4. The van der Waals surface area contributed by atoms with E-state index in [-0.39, 0.29) is 12.5 Å². The first-order valence-electron chi connectivity index (χ1n) is 6.57. The molecule has 0 saturated heterocycles. The summed E-state index contributed by atoms with van der Waals surface area (Å²) in [5, 5.41) is 10.7. The molecule has 0 aromatic carbocycles. The molecule has 0 aliphatic carbocycles. The number of aromatic nitrogens is 5. The van der Waals surface area contributed by atoms with Crippen LogP contribution in [0.1, 0.15) is 24.7 Å². The molecule has 0 spiro atoms. The Kier molecular flexibility index (Phi) is 4.83. The number of hydrogen-bond acceptors (Lipinski definition) is 5. The number of amides is 1. The van der Waals surface area contributed by atoms with Crippen molar-refractivity contribution in [3.63, 3.8) is 0 Å². The van der Waals surface area contributed by atoms with Gasteiger partial charge in [-0.1, -0.05) is 12.1 Å². The van der Waals surface area contributed by atoms with Gasteiger partial charge in [0.2, 0.25) is 5.91 Å². The third-order valence-corrected chi connectivity index (χ3v) is 2.83. The van der Waals surface area contributed by atoms with Crippen molar-refractivity contribution in [1.82, 2.24) is 29.9 Å². The van der Waals surface area contributed by atoms with Gasteiger partial charge in [0.05, 0.1) is 44.0 Å². The highest BCUT2D eigenvalue weighted by molar-refractivity contribution is 5.77. The minimum absolute atomic E-state index is 0.0235. The van der Waals surface area contributed by atoms with Gasteiger partial charge in [0, 0.05) is 6.54 Å². The lowest BCUT2D eigenvalue weighted by atomic mass is 10.4. The van der Waals surface area contributed by atoms with Crippen molar-refractivity contribution in [2.45, 2.75) is 33.0 Å². The first kappa shape index (κ1) is 14.2. The number of nitrogens with zero attached hydrogens (tertiary/aromatic N) is 5. The van der Waals surface area contributed by atoms with E-state index in [2.05, 4.69) is 32.1 Å². The topological polar surface area (TPSA) is 104 Å². The molecular formula is C12H19N7O. The highest BCUT2D eigenvalue weighted by Gasteiger charge is 2.06. The van der Waals surface area contributed by atoms with Gasteiger partial charge in [-0.2, -0.15) is 0 Å². The molecule has 0 bridgehead atoms. The van der Waals surface area contributed by atoms with Crippen molar-refractivity contribution in [3.8, 4) is 0 Å². The summed E-state index contributed by atoms with van der Waals surface area (Å²) in [5.74, 6) is -0.208. The molecule has 2 aromatic rings. The van der Waals surface area contributed by atoms with Crippen LogP contribution in [0.2, 0.25) is 0 Å². The van der Waals surface area contributed by atoms with Crippen molar-refractivity contribution >= 4 is 5.91 Å². The maximum absolute atomic E-state index is 11.1. The van der Waals surface area contributed by atoms with Gasteiger partial charge < -0.3 is 15.6 Å². The smallest absolute Gasteiger partial charge is 0.234 e. The molecule has 0 atom stereocenters. The predicted octanol–water partition coefficient (Wildman–Crippen LogP) is -0.492. The molecule has 20 heavy (non-hydrogen) atoms. The number of imidazole rings is 1. The summed E-state index contributed by atoms with van der Waals surface area (Å²) in [5.41, 5.74) is 6.99. The number of carbonyl (C=O) groups excluding carboxylic acids is 1. The Bertz CT molecular complexity index is 560. The molecule has 0 unspecified atom stereocenters. The first-order valence-corrected chi connectivity index (χ1v) is 6.57. The predicted molar refractivity (Wildman–Crippen MR) is 72.5 cm³/mol. The van der Waals surface area contributed by atoms with Gasteiger partial charge in [-0.15, -0.1) is 5.10 Å². The second-order valence-corrected chi connectivity index (χ2v) is 4.47. The molecule has 2 rings (SSSR count). The van der Waals surface area contributed by atoms with Crippen molar-refractivity contribution in [3.05, 3.63) is 30.1 Å². The van der Waals surface area contributed by atoms with Crippen LogP contribution in [0, 0.1) is 0 Å². The van der Waals surface area contributed by atoms with Crippen LogP contribution in [0.15, 0.2) is 18.7 Å². The van der Waals surface area contributed by atoms with E-state index >= 15 is 0 Å². The summed E-state index contributed by atoms with van der Waals surface area (Å²) in [6, 6.07) is 0. The Morgan fingerprint density at radius 3 is 3.10 bits per heavy atom. The largest absolute Gasteiger partial charge is 0.349 e. The van der Waals surface area contributed by atoms with Gasteiger partial charge in [0.15, 0.2) is 0 Å². The van der Waals surface area contributed by atoms with E-state index in [0.29, 0.717) is 18.8 Å². The van der Waals surface area contributed by atoms with E-state index in [1.54, 1.807) is 10.9 Å². The summed E-state index contributed by atoms with van der Waals surface area (Å²) < 4.78 is 3.82. The van der Waals surface area contributed by atoms with E-state index < -0.39 is 0 Å². The Hall–Kier alpha value is -2.22. The van der Waals surface area contributed by atoms with Gasteiger partial charge in [-0.05, 0) is 6.42 Å². The van der Waals surface area contributed by atoms with Crippen LogP contribution in [-0.2, 0) is 24.4 Å². The molecule has 8 nitrogen and oxygen atoms in total. The van der Waals surface area contributed by atoms with Gasteiger partial charge in [0.25, 0.3) is 0 Å². The first-order chi connectivity index (χ1) is 9.72. The lowest BCUT2D eigenvalue weighted by Crippen LogP contribution is -2.29. The van der Waals surface area contributed by atoms with Crippen LogP contribution in [0.3, 0.4) is 0 Å². The van der Waals surface area contributed by atoms with Crippen molar-refractivity contribution < 1.29 is 4.79 Å². The monoisotopic (exact) mass is 277 g/mol. The SMILES string of the molecule is CCCn1cncc1Cn1cc(CNC(=O)CN)nn1. The highest BCUT2D eigenvalue weighted by Crippen LogP contribution is 2.04. The van der Waals surface area contributed by atoms with Crippen molar-refractivity contribution in [1.29, 1.82) is 0 Å². The summed E-state index contributed by atoms with van der Waals surface area (Å²) in [4.78, 5) is 15.2. The molecule has 1 amide bonds. The van der Waals surface area contributed by atoms with E-state index in [4.69, 9.17) is 5.73 Å². The Morgan fingerprint density at radius 1 is 1.50 bits per heavy atom. The van der Waals surface area contributed by atoms with Crippen LogP contribution in [0.25, 0.3) is 0 Å². The molecule has 0 aliphatic rings. The normalized spacial score (nSPS) is 10.7. The molecule has 2 aromatic heterocycles. The van der Waals surface area contributed by atoms with E-state index in [1.807, 2.05) is 12.5 Å². The third kappa shape index (κ3) is 3.64. The van der Waals surface area contributed by atoms with Gasteiger partial charge in [0.1, 0.15) is 5.69 Å². The second kappa shape index (κ2) is 6.80. The zero-order valence-electron chi connectivity index (χ0n) is 11.5. The Labute approximate surface area is 117 Å². The number of aryl methyl sites for hydroxylation is 1. The van der Waals surface area contributed by atoms with E-state index in [1.165, 1.54) is 0 Å². The van der Waals surface area contributed by atoms with Crippen LogP contribution >= 0.6 is 0 Å². The highest BCUT2D eigenvalue weighted by atomic mass is 16.1. The number of nitrogens with two attached hydrogens (primary N) is 1. The third-order valence-electron chi connectivity index (χ3n) is 2.83. The number of carbonyl (C=O) groups is 1. The maximum atomic E-state index is 11.1. The quantitative estimate of drug-likeness (QED) is 0.710. The number of hydrogen-bond donors (Lipinski definition) is 2. The molecule has 2 heterocycles. The molecule has 0 radical (unpaired) electrons. The molecule has 108 valence electrons. The van der Waals surface area contributed by atoms with Crippen molar-refractivity contribution in [2.24, 2.45) is 5.73 Å². The van der Waals surface area contributed by atoms with E-state index in [9.17, 15) is 4.79 Å². The van der Waals surface area contributed by atoms with Gasteiger partial charge in [-0.25, -0.2) is 9.67 Å². The van der Waals surface area contributed by atoms with Gasteiger partial charge in [-0.3, -0.25) is 4.79 Å². The minimum atomic E-state index is -0.208. The van der Waals surface area contributed by atoms with Crippen LogP contribution in [0.4, 0.5) is 0 Å². The van der Waals surface area contributed by atoms with Gasteiger partial charge >= 0.3 is 0 Å². The molecule has 0 saturated carbocycles. The molecule has 8 heteroatoms. The molecular weight excluding hydrogens is 258 g/mol. The fourth-order valence-corrected chi connectivity index (χ4v) is 1.85. The average Bonchev–Trinajstić information content (AvgIpc) is 3.07. The van der Waals surface area contributed by atoms with E-state index in [0.717, 1.165) is 18.7 Å². The van der Waals surface area contributed by atoms with Crippen LogP contribution < -0.4 is 11.1 Å². The molecule has 0 fully saturated rings. The molecule has 0 aliphatic heterocycles. The maximum Gasteiger partial charge on any atom is 0.234 e. The fourth-order valence-electron chi connectivity index (χ4n) is 1.85. The Balaban J connectivity index is 1.95. The lowest BCUT2D eigenvalue weighted by molar-refractivity contribution is -0.119. The molecule has 3 N–H and O–H groups in total. The zero-order valence-corrected chi connectivity index (χ0v) is 11.5. The van der Waals surface area contributed by atoms with Crippen LogP contribution in [0.5, 0.6) is 0 Å². The second-order valence-electron chi connectivity index (χ2n) is 4.47. The summed E-state index contributed by atoms with van der Waals surface area (Å²) >= 11 is 0. The minimum Gasteiger partial charge on any atom is -0.349 e. The summed E-state index contributed by atoms with van der Waals surface area (Å²) in [6.45, 7) is 3.98. The standard InChI is InChI=1S/C12H19N7O/c1-2-3-18-9-14-6-11(18)8-19-7-10(16-17-19)5-15-12(20)4-13/h6-7,9H,2-5,8,13H2,1H3,(H,15,20). The Morgan fingerprint density at radius 2 is 2.35 bits per heavy atom. The number of nitrogens with one attached hydrogen (secondary N) is 1. The average molecular weight is 277 g/mol. The number of rotatable bonds is 7. The summed E-state index contributed by atoms with van der Waals surface area (Å²) in [7, 11) is 0. The summed E-state index contributed by atoms with van der Waals surface area (Å²) in [6.07, 6.45) is 6.50. The van der Waals surface area contributed by atoms with Crippen LogP contribution in [-0.4, -0.2) is 37.0 Å². The lowest BCUT2D eigenvalue weighted by Gasteiger charge is -2.05. The van der Waals surface area contributed by atoms with Crippen molar-refractivity contribution in [2.75, 3.05) is 6.54 Å².